The maximum atomic E-state index is 5.84. The van der Waals surface area contributed by atoms with E-state index in [4.69, 9.17) is 24.4 Å². The Balaban J connectivity index is 1.64. The maximum absolute atomic E-state index is 5.84. The second kappa shape index (κ2) is 10.8. The molecule has 2 heterocycles. The zero-order chi connectivity index (χ0) is 19.2. The number of hydrogen-bond donors (Lipinski definition) is 0. The third-order valence-corrected chi connectivity index (χ3v) is 18.9. The average Bonchev–Trinajstić information content (AvgIpc) is 2.69. The molecule has 0 N–H and O–H groups in total. The molecule has 0 bridgehead atoms. The molecule has 148 valence electrons. The van der Waals surface area contributed by atoms with E-state index in [2.05, 4.69) is 64.0 Å². The summed E-state index contributed by atoms with van der Waals surface area (Å²) in [5.41, 5.74) is 0. The molecule has 1 aromatic rings. The van der Waals surface area contributed by atoms with Gasteiger partial charge in [0.15, 0.2) is 0 Å². The van der Waals surface area contributed by atoms with Gasteiger partial charge in [0.2, 0.25) is 0 Å². The normalized spacial score (nSPS) is 19.5. The van der Waals surface area contributed by atoms with Crippen LogP contribution in [0, 0.1) is 0 Å². The molecule has 9 heteroatoms. The van der Waals surface area contributed by atoms with Crippen molar-refractivity contribution in [1.82, 2.24) is 19.6 Å². The molecule has 0 aliphatic carbocycles. The Morgan fingerprint density at radius 1 is 0.741 bits per heavy atom. The van der Waals surface area contributed by atoms with Crippen LogP contribution in [-0.2, 0) is 0 Å². The Morgan fingerprint density at radius 2 is 1.15 bits per heavy atom. The molecular weight excluding hydrogens is 475 g/mol. The predicted molar refractivity (Wildman–Crippen MR) is 130 cm³/mol. The quantitative estimate of drug-likeness (QED) is 0.454. The number of benzene rings is 1. The summed E-state index contributed by atoms with van der Waals surface area (Å²) in [5.74, 6) is 0. The summed E-state index contributed by atoms with van der Waals surface area (Å²) in [4.78, 5) is 9.50. The fraction of sp³-hybridized carbons (Fsp3) is 0.556. The van der Waals surface area contributed by atoms with Crippen LogP contribution >= 0.6 is 44.5 Å². The topological polar surface area (TPSA) is 13.0 Å². The Hall–Kier alpha value is 0.178. The molecule has 2 aliphatic heterocycles. The molecule has 27 heavy (non-hydrogen) atoms. The van der Waals surface area contributed by atoms with Gasteiger partial charge in [0.05, 0.1) is 0 Å². The molecule has 0 unspecified atom stereocenters. The van der Waals surface area contributed by atoms with Crippen molar-refractivity contribution in [2.75, 3.05) is 66.5 Å². The molecule has 0 atom stereocenters. The van der Waals surface area contributed by atoms with Crippen LogP contribution in [0.3, 0.4) is 0 Å². The van der Waals surface area contributed by atoms with Crippen molar-refractivity contribution in [3.8, 4) is 0 Å². The molecular formula is C18H27AsN4S4. The average molecular weight is 503 g/mol. The van der Waals surface area contributed by atoms with Gasteiger partial charge >= 0.3 is 186 Å². The van der Waals surface area contributed by atoms with Crippen LogP contribution in [0.4, 0.5) is 0 Å². The Kier molecular flexibility index (Phi) is 8.76. The number of thiocarbonyl (C=S) groups is 2. The van der Waals surface area contributed by atoms with E-state index in [0.717, 1.165) is 61.0 Å². The minimum atomic E-state index is -1.52. The van der Waals surface area contributed by atoms with E-state index < -0.39 is 12.3 Å². The van der Waals surface area contributed by atoms with Crippen molar-refractivity contribution >= 4 is 69.8 Å². The van der Waals surface area contributed by atoms with Crippen LogP contribution in [0.25, 0.3) is 0 Å². The number of nitrogens with zero attached hydrogens (tertiary/aromatic N) is 4. The molecule has 2 aliphatic rings. The molecule has 2 saturated heterocycles. The first-order chi connectivity index (χ1) is 13.0. The second-order valence-electron chi connectivity index (χ2n) is 6.89. The zero-order valence-electron chi connectivity index (χ0n) is 15.9. The van der Waals surface area contributed by atoms with E-state index in [1.807, 2.05) is 20.0 Å². The molecule has 0 radical (unpaired) electrons. The summed E-state index contributed by atoms with van der Waals surface area (Å²) in [5, 5.41) is 0. The van der Waals surface area contributed by atoms with Crippen LogP contribution in [0.15, 0.2) is 30.3 Å². The number of hydrogen-bond acceptors (Lipinski definition) is 6. The van der Waals surface area contributed by atoms with E-state index in [0.29, 0.717) is 0 Å². The third-order valence-electron chi connectivity index (χ3n) is 4.81. The minimum absolute atomic E-state index is 1.03. The molecule has 0 saturated carbocycles. The monoisotopic (exact) mass is 502 g/mol. The summed E-state index contributed by atoms with van der Waals surface area (Å²) < 4.78 is 3.54. The van der Waals surface area contributed by atoms with Crippen LogP contribution in [0.2, 0.25) is 0 Å². The van der Waals surface area contributed by atoms with Crippen molar-refractivity contribution in [3.63, 3.8) is 0 Å². The number of likely N-dealkylation sites (N-methyl/N-ethyl adjacent to an activating group) is 2. The van der Waals surface area contributed by atoms with Gasteiger partial charge in [0.1, 0.15) is 0 Å². The van der Waals surface area contributed by atoms with Crippen LogP contribution in [-0.4, -0.2) is 107 Å². The van der Waals surface area contributed by atoms with E-state index in [1.54, 1.807) is 0 Å². The van der Waals surface area contributed by atoms with Crippen molar-refractivity contribution in [3.05, 3.63) is 30.3 Å². The van der Waals surface area contributed by atoms with Gasteiger partial charge in [0, 0.05) is 0 Å². The van der Waals surface area contributed by atoms with Gasteiger partial charge < -0.3 is 0 Å². The zero-order valence-corrected chi connectivity index (χ0v) is 21.1. The van der Waals surface area contributed by atoms with Gasteiger partial charge in [-0.15, -0.1) is 0 Å². The molecule has 4 nitrogen and oxygen atoms in total. The second-order valence-corrected chi connectivity index (χ2v) is 18.8. The summed E-state index contributed by atoms with van der Waals surface area (Å²) >= 11 is 10.2. The van der Waals surface area contributed by atoms with Crippen molar-refractivity contribution in [1.29, 1.82) is 0 Å². The van der Waals surface area contributed by atoms with Crippen LogP contribution in [0.1, 0.15) is 0 Å². The molecule has 0 amide bonds. The van der Waals surface area contributed by atoms with Gasteiger partial charge in [-0.1, -0.05) is 0 Å². The fourth-order valence-electron chi connectivity index (χ4n) is 2.91. The first-order valence-electron chi connectivity index (χ1n) is 9.19. The van der Waals surface area contributed by atoms with Crippen molar-refractivity contribution in [2.24, 2.45) is 0 Å². The fourth-order valence-corrected chi connectivity index (χ4v) is 17.9. The van der Waals surface area contributed by atoms with Crippen molar-refractivity contribution < 1.29 is 0 Å². The molecule has 0 spiro atoms. The van der Waals surface area contributed by atoms with Gasteiger partial charge in [-0.05, 0) is 0 Å². The summed E-state index contributed by atoms with van der Waals surface area (Å²) in [6.45, 7) is 8.50. The Morgan fingerprint density at radius 3 is 1.56 bits per heavy atom. The van der Waals surface area contributed by atoms with Crippen molar-refractivity contribution in [2.45, 2.75) is 0 Å². The van der Waals surface area contributed by atoms with Gasteiger partial charge in [-0.3, -0.25) is 0 Å². The van der Waals surface area contributed by atoms with Gasteiger partial charge in [-0.2, -0.15) is 0 Å². The third kappa shape index (κ3) is 6.59. The van der Waals surface area contributed by atoms with Crippen LogP contribution < -0.4 is 4.35 Å². The Bertz CT molecular complexity index is 596. The SMILES string of the molecule is CN1CCN(C(=S)S[As](SC(=S)N2CCN(C)CC2)c2ccccc2)CC1. The van der Waals surface area contributed by atoms with E-state index >= 15 is 0 Å². The molecule has 0 aromatic heterocycles. The first-order valence-corrected chi connectivity index (χ1v) is 17.1. The molecule has 2 fully saturated rings. The number of piperazine rings is 2. The summed E-state index contributed by atoms with van der Waals surface area (Å²) in [7, 11) is 8.20. The summed E-state index contributed by atoms with van der Waals surface area (Å²) in [6, 6.07) is 10.9. The molecule has 3 rings (SSSR count). The Labute approximate surface area is 185 Å². The van der Waals surface area contributed by atoms with E-state index in [-0.39, 0.29) is 0 Å². The van der Waals surface area contributed by atoms with Gasteiger partial charge in [0.25, 0.3) is 0 Å². The predicted octanol–water partition coefficient (Wildman–Crippen LogP) is 1.91. The van der Waals surface area contributed by atoms with E-state index in [9.17, 15) is 0 Å². The first kappa shape index (κ1) is 21.9. The number of rotatable bonds is 3. The standard InChI is InChI=1S/C18H27AsN4S4/c1-20-8-12-22(13-9-20)17(24)26-19(16-6-4-3-5-7-16)27-18(25)23-14-10-21(2)11-15-23/h3-7H,8-15H2,1-2H3. The van der Waals surface area contributed by atoms with Gasteiger partial charge in [-0.25, -0.2) is 0 Å². The summed E-state index contributed by atoms with van der Waals surface area (Å²) in [6.07, 6.45) is 0. The molecule has 1 aromatic carbocycles. The van der Waals surface area contributed by atoms with E-state index in [1.165, 1.54) is 4.35 Å². The van der Waals surface area contributed by atoms with Crippen LogP contribution in [0.5, 0.6) is 0 Å².